The second-order valence-corrected chi connectivity index (χ2v) is 4.86. The smallest absolute Gasteiger partial charge is 0.225 e. The van der Waals surface area contributed by atoms with Crippen LogP contribution in [0.25, 0.3) is 0 Å². The fourth-order valence-corrected chi connectivity index (χ4v) is 2.19. The highest BCUT2D eigenvalue weighted by atomic mass is 16.2. The maximum absolute atomic E-state index is 11.5. The number of likely N-dealkylation sites (tertiary alicyclic amines) is 1. The van der Waals surface area contributed by atoms with Gasteiger partial charge < -0.3 is 9.80 Å². The Labute approximate surface area is 108 Å². The highest BCUT2D eigenvalue weighted by Gasteiger charge is 2.20. The minimum atomic E-state index is 0.268. The lowest BCUT2D eigenvalue weighted by atomic mass is 10.3. The van der Waals surface area contributed by atoms with E-state index >= 15 is 0 Å². The molecule has 1 aromatic rings. The first kappa shape index (κ1) is 12.8. The van der Waals surface area contributed by atoms with Gasteiger partial charge in [0.15, 0.2) is 0 Å². The molecule has 1 fully saturated rings. The lowest BCUT2D eigenvalue weighted by Crippen LogP contribution is -2.34. The second kappa shape index (κ2) is 5.33. The fraction of sp³-hybridized carbons (Fsp3) is 0.615. The first-order chi connectivity index (χ1) is 8.56. The number of anilines is 1. The van der Waals surface area contributed by atoms with Crippen molar-refractivity contribution >= 4 is 11.9 Å². The highest BCUT2D eigenvalue weighted by Crippen LogP contribution is 2.11. The number of hydrogen-bond donors (Lipinski definition) is 0. The summed E-state index contributed by atoms with van der Waals surface area (Å²) in [5.41, 5.74) is 1.95. The zero-order valence-corrected chi connectivity index (χ0v) is 11.3. The van der Waals surface area contributed by atoms with Gasteiger partial charge in [-0.3, -0.25) is 4.79 Å². The van der Waals surface area contributed by atoms with Gasteiger partial charge in [-0.1, -0.05) is 0 Å². The Morgan fingerprint density at radius 1 is 1.33 bits per heavy atom. The molecule has 0 saturated carbocycles. The molecule has 1 aromatic heterocycles. The first-order valence-electron chi connectivity index (χ1n) is 6.37. The number of amides is 1. The summed E-state index contributed by atoms with van der Waals surface area (Å²) < 4.78 is 0. The molecule has 1 saturated heterocycles. The topological polar surface area (TPSA) is 49.3 Å². The Morgan fingerprint density at radius 3 is 2.56 bits per heavy atom. The summed E-state index contributed by atoms with van der Waals surface area (Å²) in [6.45, 7) is 6.35. The molecule has 18 heavy (non-hydrogen) atoms. The van der Waals surface area contributed by atoms with Crippen LogP contribution in [0.5, 0.6) is 0 Å². The number of carbonyl (C=O) groups is 1. The highest BCUT2D eigenvalue weighted by molar-refractivity contribution is 5.78. The third-order valence-electron chi connectivity index (χ3n) is 3.19. The lowest BCUT2D eigenvalue weighted by Gasteiger charge is -2.22. The Kier molecular flexibility index (Phi) is 3.79. The number of carbonyl (C=O) groups excluding carboxylic acids is 1. The van der Waals surface area contributed by atoms with Crippen molar-refractivity contribution < 1.29 is 4.79 Å². The zero-order valence-electron chi connectivity index (χ0n) is 11.3. The van der Waals surface area contributed by atoms with Crippen LogP contribution in [0.1, 0.15) is 24.2 Å². The molecule has 2 rings (SSSR count). The van der Waals surface area contributed by atoms with E-state index in [1.54, 1.807) is 0 Å². The van der Waals surface area contributed by atoms with Crippen molar-refractivity contribution in [3.8, 4) is 0 Å². The molecule has 0 aliphatic carbocycles. The average Bonchev–Trinajstić information content (AvgIpc) is 2.70. The van der Waals surface area contributed by atoms with Crippen LogP contribution in [0.15, 0.2) is 6.07 Å². The molecule has 5 heteroatoms. The van der Waals surface area contributed by atoms with E-state index in [0.717, 1.165) is 43.4 Å². The largest absolute Gasteiger partial charge is 0.342 e. The normalized spacial score (nSPS) is 15.3. The average molecular weight is 248 g/mol. The third kappa shape index (κ3) is 2.97. The molecule has 0 spiro atoms. The molecule has 5 nitrogen and oxygen atoms in total. The van der Waals surface area contributed by atoms with Gasteiger partial charge in [-0.05, 0) is 26.3 Å². The number of hydrogen-bond acceptors (Lipinski definition) is 4. The molecule has 1 aliphatic rings. The van der Waals surface area contributed by atoms with Crippen LogP contribution in [0.4, 0.5) is 5.95 Å². The summed E-state index contributed by atoms with van der Waals surface area (Å²) >= 11 is 0. The molecule has 1 amide bonds. The van der Waals surface area contributed by atoms with Gasteiger partial charge in [0, 0.05) is 44.5 Å². The van der Waals surface area contributed by atoms with Crippen molar-refractivity contribution in [2.75, 3.05) is 31.6 Å². The monoisotopic (exact) mass is 248 g/mol. The maximum Gasteiger partial charge on any atom is 0.225 e. The van der Waals surface area contributed by atoms with Crippen LogP contribution in [-0.4, -0.2) is 47.5 Å². The molecule has 0 N–H and O–H groups in total. The summed E-state index contributed by atoms with van der Waals surface area (Å²) in [5, 5.41) is 0. The molecule has 2 heterocycles. The predicted molar refractivity (Wildman–Crippen MR) is 70.6 cm³/mol. The third-order valence-corrected chi connectivity index (χ3v) is 3.19. The molecular weight excluding hydrogens is 228 g/mol. The van der Waals surface area contributed by atoms with Crippen molar-refractivity contribution in [1.29, 1.82) is 0 Å². The van der Waals surface area contributed by atoms with Crippen LogP contribution in [-0.2, 0) is 4.79 Å². The van der Waals surface area contributed by atoms with Crippen molar-refractivity contribution in [2.24, 2.45) is 0 Å². The summed E-state index contributed by atoms with van der Waals surface area (Å²) in [7, 11) is 1.97. The number of aromatic nitrogens is 2. The van der Waals surface area contributed by atoms with E-state index in [-0.39, 0.29) is 5.91 Å². The van der Waals surface area contributed by atoms with Gasteiger partial charge >= 0.3 is 0 Å². The standard InChI is InChI=1S/C13H20N4O/c1-10-9-11(2)15-13(14-10)16(3)7-8-17-6-4-5-12(17)18/h9H,4-8H2,1-3H3. The van der Waals surface area contributed by atoms with E-state index in [0.29, 0.717) is 6.42 Å². The van der Waals surface area contributed by atoms with Gasteiger partial charge in [0.25, 0.3) is 0 Å². The van der Waals surface area contributed by atoms with E-state index in [1.807, 2.05) is 36.8 Å². The van der Waals surface area contributed by atoms with Crippen molar-refractivity contribution in [3.63, 3.8) is 0 Å². The SMILES string of the molecule is Cc1cc(C)nc(N(C)CCN2CCCC2=O)n1. The fourth-order valence-electron chi connectivity index (χ4n) is 2.19. The van der Waals surface area contributed by atoms with Crippen LogP contribution in [0.2, 0.25) is 0 Å². The number of aryl methyl sites for hydroxylation is 2. The van der Waals surface area contributed by atoms with Crippen molar-refractivity contribution in [1.82, 2.24) is 14.9 Å². The quantitative estimate of drug-likeness (QED) is 0.802. The predicted octanol–water partition coefficient (Wildman–Crippen LogP) is 1.15. The van der Waals surface area contributed by atoms with Crippen LogP contribution < -0.4 is 4.90 Å². The van der Waals surface area contributed by atoms with Gasteiger partial charge in [-0.25, -0.2) is 9.97 Å². The summed E-state index contributed by atoms with van der Waals surface area (Å²) in [6.07, 6.45) is 1.69. The maximum atomic E-state index is 11.5. The van der Waals surface area contributed by atoms with E-state index in [2.05, 4.69) is 9.97 Å². The summed E-state index contributed by atoms with van der Waals surface area (Å²) in [6, 6.07) is 1.96. The summed E-state index contributed by atoms with van der Waals surface area (Å²) in [4.78, 5) is 24.2. The van der Waals surface area contributed by atoms with Gasteiger partial charge in [-0.15, -0.1) is 0 Å². The molecular formula is C13H20N4O. The minimum absolute atomic E-state index is 0.268. The van der Waals surface area contributed by atoms with Gasteiger partial charge in [0.1, 0.15) is 0 Å². The zero-order chi connectivity index (χ0) is 13.1. The van der Waals surface area contributed by atoms with E-state index in [4.69, 9.17) is 0 Å². The van der Waals surface area contributed by atoms with Crippen LogP contribution in [0, 0.1) is 13.8 Å². The first-order valence-corrected chi connectivity index (χ1v) is 6.37. The van der Waals surface area contributed by atoms with Gasteiger partial charge in [-0.2, -0.15) is 0 Å². The second-order valence-electron chi connectivity index (χ2n) is 4.86. The van der Waals surface area contributed by atoms with Crippen molar-refractivity contribution in [3.05, 3.63) is 17.5 Å². The Hall–Kier alpha value is -1.65. The van der Waals surface area contributed by atoms with Gasteiger partial charge in [0.05, 0.1) is 0 Å². The minimum Gasteiger partial charge on any atom is -0.342 e. The molecule has 0 radical (unpaired) electrons. The molecule has 0 unspecified atom stereocenters. The van der Waals surface area contributed by atoms with Crippen LogP contribution in [0.3, 0.4) is 0 Å². The number of nitrogens with zero attached hydrogens (tertiary/aromatic N) is 4. The van der Waals surface area contributed by atoms with E-state index in [9.17, 15) is 4.79 Å². The molecule has 98 valence electrons. The number of rotatable bonds is 4. The van der Waals surface area contributed by atoms with E-state index < -0.39 is 0 Å². The number of likely N-dealkylation sites (N-methyl/N-ethyl adjacent to an activating group) is 1. The molecule has 0 atom stereocenters. The van der Waals surface area contributed by atoms with Gasteiger partial charge in [0.2, 0.25) is 11.9 Å². The Bertz CT molecular complexity index is 426. The Morgan fingerprint density at radius 2 is 2.00 bits per heavy atom. The van der Waals surface area contributed by atoms with Crippen molar-refractivity contribution in [2.45, 2.75) is 26.7 Å². The molecule has 0 bridgehead atoms. The summed E-state index contributed by atoms with van der Waals surface area (Å²) in [5.74, 6) is 1.00. The molecule has 0 aromatic carbocycles. The molecule has 1 aliphatic heterocycles. The lowest BCUT2D eigenvalue weighted by molar-refractivity contribution is -0.127. The Balaban J connectivity index is 1.94. The van der Waals surface area contributed by atoms with E-state index in [1.165, 1.54) is 0 Å². The van der Waals surface area contributed by atoms with Crippen LogP contribution >= 0.6 is 0 Å².